The molecule has 1 atom stereocenters. The Morgan fingerprint density at radius 3 is 2.11 bits per heavy atom. The van der Waals surface area contributed by atoms with Crippen LogP contribution in [0, 0.1) is 5.41 Å². The highest BCUT2D eigenvalue weighted by Crippen LogP contribution is 2.42. The van der Waals surface area contributed by atoms with Crippen molar-refractivity contribution >= 4 is 12.1 Å². The quantitative estimate of drug-likeness (QED) is 0.688. The van der Waals surface area contributed by atoms with Crippen molar-refractivity contribution < 1.29 is 19.1 Å². The van der Waals surface area contributed by atoms with Crippen molar-refractivity contribution in [1.82, 2.24) is 4.90 Å². The van der Waals surface area contributed by atoms with Gasteiger partial charge in [0.1, 0.15) is 11.1 Å². The van der Waals surface area contributed by atoms with E-state index in [4.69, 9.17) is 9.47 Å². The minimum absolute atomic E-state index is 0.139. The van der Waals surface area contributed by atoms with Gasteiger partial charge in [0.25, 0.3) is 0 Å². The molecule has 1 amide bonds. The van der Waals surface area contributed by atoms with Crippen LogP contribution in [0.4, 0.5) is 4.79 Å². The van der Waals surface area contributed by atoms with Crippen LogP contribution in [-0.2, 0) is 14.3 Å². The monoisotopic (exact) mass is 271 g/mol. The smallest absolute Gasteiger partial charge is 0.411 e. The van der Waals surface area contributed by atoms with Gasteiger partial charge in [-0.2, -0.15) is 0 Å². The zero-order valence-electron chi connectivity index (χ0n) is 13.0. The molecule has 0 N–H and O–H groups in total. The standard InChI is InChI=1S/C14H25NO4/c1-12(2,3)19-11(17)15-9-13(4,5)8-14(15,6)10(16)18-7/h8-9H2,1-7H3/t14-/m0/s1. The van der Waals surface area contributed by atoms with Crippen molar-refractivity contribution in [3.05, 3.63) is 0 Å². The van der Waals surface area contributed by atoms with E-state index in [0.717, 1.165) is 0 Å². The third kappa shape index (κ3) is 3.39. The summed E-state index contributed by atoms with van der Waals surface area (Å²) in [5.41, 5.74) is -1.68. The van der Waals surface area contributed by atoms with Crippen LogP contribution in [0.25, 0.3) is 0 Å². The van der Waals surface area contributed by atoms with Crippen LogP contribution in [0.3, 0.4) is 0 Å². The van der Waals surface area contributed by atoms with Crippen LogP contribution < -0.4 is 0 Å². The van der Waals surface area contributed by atoms with E-state index in [2.05, 4.69) is 0 Å². The molecule has 1 saturated heterocycles. The van der Waals surface area contributed by atoms with E-state index in [-0.39, 0.29) is 5.41 Å². The number of hydrogen-bond acceptors (Lipinski definition) is 4. The lowest BCUT2D eigenvalue weighted by Gasteiger charge is -2.33. The summed E-state index contributed by atoms with van der Waals surface area (Å²) in [7, 11) is 1.34. The minimum atomic E-state index is -0.958. The first kappa shape index (κ1) is 15.8. The summed E-state index contributed by atoms with van der Waals surface area (Å²) >= 11 is 0. The van der Waals surface area contributed by atoms with Crippen LogP contribution in [0.1, 0.15) is 48.0 Å². The maximum Gasteiger partial charge on any atom is 0.411 e. The lowest BCUT2D eigenvalue weighted by molar-refractivity contribution is -0.152. The molecule has 19 heavy (non-hydrogen) atoms. The molecule has 1 aliphatic heterocycles. The largest absolute Gasteiger partial charge is 0.467 e. The molecule has 0 radical (unpaired) electrons. The van der Waals surface area contributed by atoms with Crippen LogP contribution >= 0.6 is 0 Å². The SMILES string of the molecule is COC(=O)[C@]1(C)CC(C)(C)CN1C(=O)OC(C)(C)C. The van der Waals surface area contributed by atoms with Crippen LogP contribution in [0.15, 0.2) is 0 Å². The number of methoxy groups -OCH3 is 1. The molecule has 0 aliphatic carbocycles. The number of rotatable bonds is 1. The molecule has 1 heterocycles. The molecule has 110 valence electrons. The van der Waals surface area contributed by atoms with Gasteiger partial charge >= 0.3 is 12.1 Å². The molecule has 0 spiro atoms. The van der Waals surface area contributed by atoms with Gasteiger partial charge in [-0.25, -0.2) is 9.59 Å². The van der Waals surface area contributed by atoms with Gasteiger partial charge in [0.15, 0.2) is 0 Å². The average molecular weight is 271 g/mol. The molecule has 0 aromatic carbocycles. The molecule has 0 aromatic heterocycles. The molecule has 0 unspecified atom stereocenters. The molecule has 0 saturated carbocycles. The number of carbonyl (C=O) groups excluding carboxylic acids is 2. The topological polar surface area (TPSA) is 55.8 Å². The molecule has 0 aromatic rings. The van der Waals surface area contributed by atoms with E-state index in [9.17, 15) is 9.59 Å². The Morgan fingerprint density at radius 2 is 1.68 bits per heavy atom. The summed E-state index contributed by atoms with van der Waals surface area (Å²) in [6.45, 7) is 11.7. The summed E-state index contributed by atoms with van der Waals surface area (Å²) in [5, 5.41) is 0. The fourth-order valence-corrected chi connectivity index (χ4v) is 2.67. The normalized spacial score (nSPS) is 26.2. The number of ether oxygens (including phenoxy) is 2. The number of nitrogens with zero attached hydrogens (tertiary/aromatic N) is 1. The molecule has 1 rings (SSSR count). The van der Waals surface area contributed by atoms with Gasteiger partial charge in [0, 0.05) is 6.54 Å². The van der Waals surface area contributed by atoms with Crippen molar-refractivity contribution in [2.45, 2.75) is 59.1 Å². The highest BCUT2D eigenvalue weighted by Gasteiger charge is 2.54. The Morgan fingerprint density at radius 1 is 1.16 bits per heavy atom. The van der Waals surface area contributed by atoms with Crippen molar-refractivity contribution in [2.24, 2.45) is 5.41 Å². The van der Waals surface area contributed by atoms with E-state index in [0.29, 0.717) is 13.0 Å². The zero-order valence-corrected chi connectivity index (χ0v) is 13.0. The second kappa shape index (κ2) is 4.69. The first-order valence-electron chi connectivity index (χ1n) is 6.50. The van der Waals surface area contributed by atoms with Crippen molar-refractivity contribution in [3.8, 4) is 0 Å². The number of carbonyl (C=O) groups is 2. The highest BCUT2D eigenvalue weighted by molar-refractivity contribution is 5.86. The third-order valence-corrected chi connectivity index (χ3v) is 3.24. The summed E-state index contributed by atoms with van der Waals surface area (Å²) in [6, 6.07) is 0. The second-order valence-electron chi connectivity index (χ2n) is 7.17. The molecule has 5 nitrogen and oxygen atoms in total. The summed E-state index contributed by atoms with van der Waals surface area (Å²) in [4.78, 5) is 25.8. The van der Waals surface area contributed by atoms with E-state index in [1.807, 2.05) is 34.6 Å². The molecular weight excluding hydrogens is 246 g/mol. The summed E-state index contributed by atoms with van der Waals surface area (Å²) in [6.07, 6.45) is 0.0947. The van der Waals surface area contributed by atoms with Gasteiger partial charge in [0.05, 0.1) is 7.11 Å². The average Bonchev–Trinajstić information content (AvgIpc) is 2.46. The third-order valence-electron chi connectivity index (χ3n) is 3.24. The molecule has 5 heteroatoms. The predicted octanol–water partition coefficient (Wildman–Crippen LogP) is 2.59. The van der Waals surface area contributed by atoms with Crippen LogP contribution in [-0.4, -0.2) is 41.8 Å². The maximum atomic E-state index is 12.3. The first-order valence-corrected chi connectivity index (χ1v) is 6.50. The Balaban J connectivity index is 3.02. The van der Waals surface area contributed by atoms with Crippen LogP contribution in [0.5, 0.6) is 0 Å². The minimum Gasteiger partial charge on any atom is -0.467 e. The number of amides is 1. The highest BCUT2D eigenvalue weighted by atomic mass is 16.6. The Labute approximate surface area is 115 Å². The number of hydrogen-bond donors (Lipinski definition) is 0. The molecular formula is C14H25NO4. The Hall–Kier alpha value is -1.26. The molecule has 1 aliphatic rings. The Kier molecular flexibility index (Phi) is 3.90. The maximum absolute atomic E-state index is 12.3. The van der Waals surface area contributed by atoms with E-state index >= 15 is 0 Å². The van der Waals surface area contributed by atoms with Crippen molar-refractivity contribution in [3.63, 3.8) is 0 Å². The fraction of sp³-hybridized carbons (Fsp3) is 0.857. The van der Waals surface area contributed by atoms with Gasteiger partial charge in [-0.3, -0.25) is 4.90 Å². The molecule has 0 bridgehead atoms. The predicted molar refractivity (Wildman–Crippen MR) is 71.8 cm³/mol. The first-order chi connectivity index (χ1) is 8.41. The summed E-state index contributed by atoms with van der Waals surface area (Å²) in [5.74, 6) is -0.399. The van der Waals surface area contributed by atoms with Crippen molar-refractivity contribution in [2.75, 3.05) is 13.7 Å². The Bertz CT molecular complexity index is 383. The van der Waals surface area contributed by atoms with Gasteiger partial charge in [0.2, 0.25) is 0 Å². The number of likely N-dealkylation sites (tertiary alicyclic amines) is 1. The van der Waals surface area contributed by atoms with Crippen LogP contribution in [0.2, 0.25) is 0 Å². The van der Waals surface area contributed by atoms with Gasteiger partial charge in [-0.15, -0.1) is 0 Å². The van der Waals surface area contributed by atoms with Crippen molar-refractivity contribution in [1.29, 1.82) is 0 Å². The van der Waals surface area contributed by atoms with E-state index < -0.39 is 23.2 Å². The van der Waals surface area contributed by atoms with Gasteiger partial charge < -0.3 is 9.47 Å². The van der Waals surface area contributed by atoms with E-state index in [1.54, 1.807) is 6.92 Å². The van der Waals surface area contributed by atoms with E-state index in [1.165, 1.54) is 12.0 Å². The van der Waals surface area contributed by atoms with Gasteiger partial charge in [-0.1, -0.05) is 13.8 Å². The summed E-state index contributed by atoms with van der Waals surface area (Å²) < 4.78 is 10.2. The second-order valence-corrected chi connectivity index (χ2v) is 7.17. The zero-order chi connectivity index (χ0) is 15.1. The van der Waals surface area contributed by atoms with Gasteiger partial charge in [-0.05, 0) is 39.5 Å². The molecule has 1 fully saturated rings. The fourth-order valence-electron chi connectivity index (χ4n) is 2.67. The number of esters is 1. The lowest BCUT2D eigenvalue weighted by atomic mass is 9.85. The lowest BCUT2D eigenvalue weighted by Crippen LogP contribution is -2.52.